The van der Waals surface area contributed by atoms with Gasteiger partial charge in [-0.3, -0.25) is 9.78 Å². The van der Waals surface area contributed by atoms with E-state index in [2.05, 4.69) is 15.4 Å². The van der Waals surface area contributed by atoms with Crippen LogP contribution in [0.2, 0.25) is 0 Å². The molecule has 0 unspecified atom stereocenters. The molecule has 174 valence electrons. The number of amides is 1. The summed E-state index contributed by atoms with van der Waals surface area (Å²) in [6.45, 7) is 3.46. The third-order valence-electron chi connectivity index (χ3n) is 5.22. The van der Waals surface area contributed by atoms with Crippen LogP contribution in [-0.4, -0.2) is 20.7 Å². The monoisotopic (exact) mass is 466 g/mol. The van der Waals surface area contributed by atoms with E-state index < -0.39 is 11.7 Å². The molecule has 2 heterocycles. The number of rotatable bonds is 6. The van der Waals surface area contributed by atoms with Crippen molar-refractivity contribution in [3.63, 3.8) is 0 Å². The van der Waals surface area contributed by atoms with Crippen molar-refractivity contribution in [3.05, 3.63) is 95.6 Å². The number of anilines is 1. The molecule has 0 aliphatic rings. The molecule has 0 spiro atoms. The zero-order valence-electron chi connectivity index (χ0n) is 18.4. The lowest BCUT2D eigenvalue weighted by molar-refractivity contribution is -0.137. The third-order valence-corrected chi connectivity index (χ3v) is 5.22. The van der Waals surface area contributed by atoms with E-state index >= 15 is 0 Å². The van der Waals surface area contributed by atoms with E-state index in [9.17, 15) is 18.0 Å². The second kappa shape index (κ2) is 9.38. The van der Waals surface area contributed by atoms with E-state index in [0.717, 1.165) is 12.1 Å². The Balaban J connectivity index is 1.45. The molecule has 4 rings (SSSR count). The third kappa shape index (κ3) is 5.25. The molecule has 0 radical (unpaired) electrons. The van der Waals surface area contributed by atoms with Crippen LogP contribution in [-0.2, 0) is 17.4 Å². The first-order valence-electron chi connectivity index (χ1n) is 10.4. The summed E-state index contributed by atoms with van der Waals surface area (Å²) in [5, 5.41) is 7.19. The first-order valence-corrected chi connectivity index (χ1v) is 10.4. The van der Waals surface area contributed by atoms with Gasteiger partial charge in [-0.15, -0.1) is 0 Å². The molecule has 2 aromatic carbocycles. The number of pyridine rings is 1. The number of halogens is 3. The van der Waals surface area contributed by atoms with Crippen LogP contribution in [0.25, 0.3) is 5.69 Å². The van der Waals surface area contributed by atoms with Gasteiger partial charge in [0.25, 0.3) is 0 Å². The Morgan fingerprint density at radius 1 is 1.00 bits per heavy atom. The molecule has 9 heteroatoms. The summed E-state index contributed by atoms with van der Waals surface area (Å²) in [6.07, 6.45) is -1.16. The second-order valence-electron chi connectivity index (χ2n) is 7.64. The Bertz CT molecular complexity index is 1300. The average Bonchev–Trinajstić information content (AvgIpc) is 3.09. The Morgan fingerprint density at radius 2 is 1.68 bits per heavy atom. The molecule has 1 N–H and O–H groups in total. The van der Waals surface area contributed by atoms with Gasteiger partial charge in [-0.1, -0.05) is 6.07 Å². The second-order valence-corrected chi connectivity index (χ2v) is 7.64. The highest BCUT2D eigenvalue weighted by Gasteiger charge is 2.30. The molecule has 0 saturated carbocycles. The number of carbonyl (C=O) groups excluding carboxylic acids is 1. The highest BCUT2D eigenvalue weighted by molar-refractivity contribution is 5.92. The lowest BCUT2D eigenvalue weighted by atomic mass is 10.1. The smallest absolute Gasteiger partial charge is 0.416 e. The number of alkyl halides is 3. The fraction of sp³-hybridized carbons (Fsp3) is 0.160. The Morgan fingerprint density at radius 3 is 2.35 bits per heavy atom. The number of nitrogens with zero attached hydrogens (tertiary/aromatic N) is 3. The number of ether oxygens (including phenoxy) is 1. The number of aromatic nitrogens is 3. The molecule has 2 aromatic heterocycles. The largest absolute Gasteiger partial charge is 0.457 e. The van der Waals surface area contributed by atoms with E-state index in [-0.39, 0.29) is 18.0 Å². The van der Waals surface area contributed by atoms with Crippen LogP contribution in [0, 0.1) is 13.8 Å². The number of aryl methyl sites for hydroxylation is 1. The molecule has 6 nitrogen and oxygen atoms in total. The van der Waals surface area contributed by atoms with Crippen molar-refractivity contribution < 1.29 is 22.7 Å². The molecule has 0 aliphatic heterocycles. The topological polar surface area (TPSA) is 69.0 Å². The summed E-state index contributed by atoms with van der Waals surface area (Å²) in [5.41, 5.74) is 1.96. The Kier molecular flexibility index (Phi) is 6.36. The van der Waals surface area contributed by atoms with Gasteiger partial charge in [0.1, 0.15) is 11.5 Å². The number of hydrogen-bond acceptors (Lipinski definition) is 4. The van der Waals surface area contributed by atoms with Gasteiger partial charge in [-0.2, -0.15) is 18.3 Å². The van der Waals surface area contributed by atoms with Gasteiger partial charge in [0.15, 0.2) is 0 Å². The molecule has 0 saturated heterocycles. The standard InChI is InChI=1S/C25H21F3N4O2/c1-16-23(17(2)32(31-16)20-5-3-4-18(14-20)25(26,27)28)15-24(33)30-19-6-8-21(9-7-19)34-22-10-12-29-13-11-22/h3-14H,15H2,1-2H3,(H,30,33). The molecule has 0 aliphatic carbocycles. The Labute approximate surface area is 194 Å². The summed E-state index contributed by atoms with van der Waals surface area (Å²) in [4.78, 5) is 16.6. The van der Waals surface area contributed by atoms with E-state index in [4.69, 9.17) is 4.74 Å². The van der Waals surface area contributed by atoms with Crippen molar-refractivity contribution in [2.24, 2.45) is 0 Å². The summed E-state index contributed by atoms with van der Waals surface area (Å²) < 4.78 is 46.4. The van der Waals surface area contributed by atoms with E-state index in [0.29, 0.717) is 34.1 Å². The minimum absolute atomic E-state index is 0.0336. The highest BCUT2D eigenvalue weighted by atomic mass is 19.4. The van der Waals surface area contributed by atoms with Gasteiger partial charge >= 0.3 is 6.18 Å². The highest BCUT2D eigenvalue weighted by Crippen LogP contribution is 2.31. The van der Waals surface area contributed by atoms with E-state index in [1.165, 1.54) is 10.7 Å². The fourth-order valence-corrected chi connectivity index (χ4v) is 3.51. The zero-order valence-corrected chi connectivity index (χ0v) is 18.4. The van der Waals surface area contributed by atoms with Crippen LogP contribution >= 0.6 is 0 Å². The van der Waals surface area contributed by atoms with Crippen LogP contribution in [0.15, 0.2) is 73.1 Å². The van der Waals surface area contributed by atoms with Gasteiger partial charge < -0.3 is 10.1 Å². The normalized spacial score (nSPS) is 11.3. The van der Waals surface area contributed by atoms with Crippen LogP contribution in [0.3, 0.4) is 0 Å². The van der Waals surface area contributed by atoms with Gasteiger partial charge in [0.05, 0.1) is 23.4 Å². The molecular weight excluding hydrogens is 445 g/mol. The van der Waals surface area contributed by atoms with Gasteiger partial charge in [-0.25, -0.2) is 4.68 Å². The maximum absolute atomic E-state index is 13.1. The molecule has 4 aromatic rings. The van der Waals surface area contributed by atoms with Crippen LogP contribution < -0.4 is 10.1 Å². The zero-order chi connectivity index (χ0) is 24.3. The number of benzene rings is 2. The molecule has 0 bridgehead atoms. The molecule has 1 amide bonds. The summed E-state index contributed by atoms with van der Waals surface area (Å²) in [6, 6.07) is 15.3. The summed E-state index contributed by atoms with van der Waals surface area (Å²) >= 11 is 0. The molecular formula is C25H21F3N4O2. The van der Waals surface area contributed by atoms with Crippen LogP contribution in [0.4, 0.5) is 18.9 Å². The Hall–Kier alpha value is -4.14. The lowest BCUT2D eigenvalue weighted by Crippen LogP contribution is -2.15. The van der Waals surface area contributed by atoms with Crippen molar-refractivity contribution in [1.29, 1.82) is 0 Å². The predicted molar refractivity (Wildman–Crippen MR) is 121 cm³/mol. The SMILES string of the molecule is Cc1nn(-c2cccc(C(F)(F)F)c2)c(C)c1CC(=O)Nc1ccc(Oc2ccncc2)cc1. The van der Waals surface area contributed by atoms with Crippen molar-refractivity contribution in [1.82, 2.24) is 14.8 Å². The number of carbonyl (C=O) groups is 1. The first-order chi connectivity index (χ1) is 16.2. The average molecular weight is 466 g/mol. The fourth-order valence-electron chi connectivity index (χ4n) is 3.51. The van der Waals surface area contributed by atoms with Crippen LogP contribution in [0.5, 0.6) is 11.5 Å². The lowest BCUT2D eigenvalue weighted by Gasteiger charge is -2.10. The molecule has 34 heavy (non-hydrogen) atoms. The maximum Gasteiger partial charge on any atom is 0.416 e. The van der Waals surface area contributed by atoms with Gasteiger partial charge in [0.2, 0.25) is 5.91 Å². The van der Waals surface area contributed by atoms with Crippen molar-refractivity contribution in [2.45, 2.75) is 26.4 Å². The van der Waals surface area contributed by atoms with Crippen molar-refractivity contribution in [2.75, 3.05) is 5.32 Å². The number of hydrogen-bond donors (Lipinski definition) is 1. The van der Waals surface area contributed by atoms with Crippen molar-refractivity contribution in [3.8, 4) is 17.2 Å². The van der Waals surface area contributed by atoms with E-state index in [1.54, 1.807) is 68.7 Å². The minimum atomic E-state index is -4.45. The molecule has 0 atom stereocenters. The summed E-state index contributed by atoms with van der Waals surface area (Å²) in [5.74, 6) is 0.992. The van der Waals surface area contributed by atoms with E-state index in [1.807, 2.05) is 0 Å². The van der Waals surface area contributed by atoms with Crippen molar-refractivity contribution >= 4 is 11.6 Å². The number of nitrogens with one attached hydrogen (secondary N) is 1. The predicted octanol–water partition coefficient (Wildman–Crippen LogP) is 5.88. The molecule has 0 fully saturated rings. The first kappa shape index (κ1) is 23.0. The summed E-state index contributed by atoms with van der Waals surface area (Å²) in [7, 11) is 0. The maximum atomic E-state index is 13.1. The van der Waals surface area contributed by atoms with Gasteiger partial charge in [-0.05, 0) is 68.4 Å². The minimum Gasteiger partial charge on any atom is -0.457 e. The quantitative estimate of drug-likeness (QED) is 0.386. The van der Waals surface area contributed by atoms with Crippen LogP contribution in [0.1, 0.15) is 22.5 Å². The van der Waals surface area contributed by atoms with Gasteiger partial charge in [0, 0.05) is 29.3 Å².